The second-order valence-corrected chi connectivity index (χ2v) is 4.53. The maximum atomic E-state index is 12.9. The van der Waals surface area contributed by atoms with E-state index in [0.717, 1.165) is 6.07 Å². The zero-order valence-corrected chi connectivity index (χ0v) is 10.7. The molecule has 108 valence electrons. The Morgan fingerprint density at radius 3 is 2.42 bits per heavy atom. The minimum Gasteiger partial charge on any atom is -0.387 e. The molecule has 1 atom stereocenters. The molecule has 1 saturated carbocycles. The minimum absolute atomic E-state index is 0. The molecule has 0 bridgehead atoms. The fraction of sp³-hybridized carbons (Fsp3) is 0.500. The topological polar surface area (TPSA) is 32.3 Å². The van der Waals surface area contributed by atoms with Crippen molar-refractivity contribution < 1.29 is 22.7 Å². The molecule has 0 radical (unpaired) electrons. The van der Waals surface area contributed by atoms with Gasteiger partial charge in [-0.2, -0.15) is 13.2 Å². The van der Waals surface area contributed by atoms with Crippen molar-refractivity contribution in [2.75, 3.05) is 6.54 Å². The molecule has 0 saturated heterocycles. The Morgan fingerprint density at radius 2 is 1.95 bits per heavy atom. The van der Waals surface area contributed by atoms with E-state index in [1.165, 1.54) is 18.2 Å². The molecule has 1 fully saturated rings. The van der Waals surface area contributed by atoms with E-state index >= 15 is 0 Å². The lowest BCUT2D eigenvalue weighted by Crippen LogP contribution is -2.46. The van der Waals surface area contributed by atoms with Crippen molar-refractivity contribution in [3.8, 4) is 0 Å². The molecule has 0 unspecified atom stereocenters. The Morgan fingerprint density at radius 1 is 1.32 bits per heavy atom. The lowest BCUT2D eigenvalue weighted by atomic mass is 10.1. The number of alkyl halides is 3. The van der Waals surface area contributed by atoms with Crippen molar-refractivity contribution in [2.24, 2.45) is 0 Å². The maximum Gasteiger partial charge on any atom is 0.406 e. The molecule has 0 amide bonds. The summed E-state index contributed by atoms with van der Waals surface area (Å²) in [7, 11) is 0. The van der Waals surface area contributed by atoms with Crippen molar-refractivity contribution in [1.82, 2.24) is 5.32 Å². The molecule has 1 aromatic rings. The molecule has 1 aliphatic carbocycles. The molecular weight excluding hydrogens is 286 g/mol. The molecule has 1 aliphatic rings. The van der Waals surface area contributed by atoms with Crippen LogP contribution in [0.4, 0.5) is 17.6 Å². The molecule has 7 heteroatoms. The zero-order chi connectivity index (χ0) is 13.4. The minimum atomic E-state index is -4.31. The smallest absolute Gasteiger partial charge is 0.387 e. The molecule has 0 spiro atoms. The van der Waals surface area contributed by atoms with E-state index in [1.807, 2.05) is 0 Å². The van der Waals surface area contributed by atoms with Crippen LogP contribution >= 0.6 is 12.4 Å². The quantitative estimate of drug-likeness (QED) is 0.838. The number of hydrogen-bond acceptors (Lipinski definition) is 2. The zero-order valence-electron chi connectivity index (χ0n) is 9.88. The van der Waals surface area contributed by atoms with Crippen LogP contribution in [0.15, 0.2) is 24.3 Å². The molecule has 0 aromatic heterocycles. The lowest BCUT2D eigenvalue weighted by molar-refractivity contribution is -0.166. The summed E-state index contributed by atoms with van der Waals surface area (Å²) in [5, 5.41) is 12.0. The highest BCUT2D eigenvalue weighted by Gasteiger charge is 2.63. The summed E-state index contributed by atoms with van der Waals surface area (Å²) in [6.07, 6.45) is -5.42. The first-order valence-electron chi connectivity index (χ1n) is 5.59. The van der Waals surface area contributed by atoms with Crippen LogP contribution in [0, 0.1) is 5.82 Å². The van der Waals surface area contributed by atoms with Crippen molar-refractivity contribution in [2.45, 2.75) is 30.7 Å². The first-order chi connectivity index (χ1) is 8.34. The van der Waals surface area contributed by atoms with Gasteiger partial charge in [-0.25, -0.2) is 4.39 Å². The van der Waals surface area contributed by atoms with E-state index in [9.17, 15) is 22.7 Å². The number of halogens is 5. The third-order valence-electron chi connectivity index (χ3n) is 3.16. The second kappa shape index (κ2) is 5.64. The number of benzene rings is 1. The monoisotopic (exact) mass is 299 g/mol. The Bertz CT molecular complexity index is 434. The number of aliphatic hydroxyl groups is 1. The number of rotatable bonds is 4. The average molecular weight is 300 g/mol. The largest absolute Gasteiger partial charge is 0.406 e. The van der Waals surface area contributed by atoms with Crippen LogP contribution in [0.25, 0.3) is 0 Å². The van der Waals surface area contributed by atoms with E-state index in [4.69, 9.17) is 0 Å². The first-order valence-corrected chi connectivity index (χ1v) is 5.59. The van der Waals surface area contributed by atoms with E-state index < -0.39 is 23.6 Å². The summed E-state index contributed by atoms with van der Waals surface area (Å²) >= 11 is 0. The summed E-state index contributed by atoms with van der Waals surface area (Å²) in [6, 6.07) is 5.20. The van der Waals surface area contributed by atoms with E-state index in [0.29, 0.717) is 0 Å². The normalized spacial score (nSPS) is 18.6. The van der Waals surface area contributed by atoms with Crippen molar-refractivity contribution in [3.63, 3.8) is 0 Å². The molecule has 1 aromatic carbocycles. The summed E-state index contributed by atoms with van der Waals surface area (Å²) in [6.45, 7) is -0.247. The fourth-order valence-corrected chi connectivity index (χ4v) is 1.81. The summed E-state index contributed by atoms with van der Waals surface area (Å²) in [4.78, 5) is 0. The van der Waals surface area contributed by atoms with E-state index in [1.54, 1.807) is 0 Å². The van der Waals surface area contributed by atoms with Gasteiger partial charge >= 0.3 is 6.18 Å². The predicted octanol–water partition coefficient (Wildman–Crippen LogP) is 2.97. The highest BCUT2D eigenvalue weighted by Crippen LogP contribution is 2.49. The Kier molecular flexibility index (Phi) is 4.81. The van der Waals surface area contributed by atoms with Gasteiger partial charge in [-0.1, -0.05) is 12.1 Å². The van der Waals surface area contributed by atoms with Crippen LogP contribution in [0.5, 0.6) is 0 Å². The van der Waals surface area contributed by atoms with Gasteiger partial charge in [-0.15, -0.1) is 12.4 Å². The van der Waals surface area contributed by atoms with Crippen LogP contribution in [0.1, 0.15) is 24.5 Å². The molecule has 0 heterocycles. The fourth-order valence-electron chi connectivity index (χ4n) is 1.81. The highest BCUT2D eigenvalue weighted by molar-refractivity contribution is 5.85. The van der Waals surface area contributed by atoms with Gasteiger partial charge in [0.25, 0.3) is 0 Å². The van der Waals surface area contributed by atoms with Gasteiger partial charge in [0.2, 0.25) is 0 Å². The maximum absolute atomic E-state index is 12.9. The summed E-state index contributed by atoms with van der Waals surface area (Å²) in [5.41, 5.74) is -1.60. The number of β-amino-alcohol motifs (C(OH)–C–C–N with tert-alkyl or cyclic N) is 1. The van der Waals surface area contributed by atoms with Crippen molar-refractivity contribution >= 4 is 12.4 Å². The standard InChI is InChI=1S/C12H13F4NO.ClH/c13-9-3-1-2-8(6-9)10(18)7-17-11(4-5-11)12(14,15)16;/h1-3,6,10,17-18H,4-5,7H2;1H/t10-;/m0./s1. The van der Waals surface area contributed by atoms with Crippen molar-refractivity contribution in [3.05, 3.63) is 35.6 Å². The van der Waals surface area contributed by atoms with Crippen LogP contribution < -0.4 is 5.32 Å². The second-order valence-electron chi connectivity index (χ2n) is 4.53. The Balaban J connectivity index is 0.00000180. The first kappa shape index (κ1) is 16.2. The number of nitrogens with one attached hydrogen (secondary N) is 1. The predicted molar refractivity (Wildman–Crippen MR) is 64.6 cm³/mol. The molecule has 19 heavy (non-hydrogen) atoms. The third-order valence-corrected chi connectivity index (χ3v) is 3.16. The number of aliphatic hydroxyl groups excluding tert-OH is 1. The Labute approximate surface area is 114 Å². The van der Waals surface area contributed by atoms with Crippen LogP contribution in [0.2, 0.25) is 0 Å². The summed E-state index contributed by atoms with van der Waals surface area (Å²) < 4.78 is 50.7. The molecule has 2 rings (SSSR count). The highest BCUT2D eigenvalue weighted by atomic mass is 35.5. The molecule has 0 aliphatic heterocycles. The van der Waals surface area contributed by atoms with Gasteiger partial charge in [-0.05, 0) is 30.5 Å². The van der Waals surface area contributed by atoms with Gasteiger partial charge in [0.15, 0.2) is 0 Å². The lowest BCUT2D eigenvalue weighted by Gasteiger charge is -2.22. The van der Waals surface area contributed by atoms with Gasteiger partial charge < -0.3 is 10.4 Å². The summed E-state index contributed by atoms with van der Waals surface area (Å²) in [5.74, 6) is -0.525. The molecule has 2 nitrogen and oxygen atoms in total. The van der Waals surface area contributed by atoms with E-state index in [2.05, 4.69) is 5.32 Å². The van der Waals surface area contributed by atoms with Crippen LogP contribution in [-0.4, -0.2) is 23.4 Å². The van der Waals surface area contributed by atoms with Gasteiger partial charge in [0.1, 0.15) is 11.4 Å². The van der Waals surface area contributed by atoms with Gasteiger partial charge in [0, 0.05) is 6.54 Å². The van der Waals surface area contributed by atoms with Gasteiger partial charge in [-0.3, -0.25) is 0 Å². The molecule has 2 N–H and O–H groups in total. The van der Waals surface area contributed by atoms with Crippen LogP contribution in [-0.2, 0) is 0 Å². The van der Waals surface area contributed by atoms with E-state index in [-0.39, 0.29) is 37.4 Å². The van der Waals surface area contributed by atoms with Crippen LogP contribution in [0.3, 0.4) is 0 Å². The average Bonchev–Trinajstić information content (AvgIpc) is 3.06. The van der Waals surface area contributed by atoms with Crippen molar-refractivity contribution in [1.29, 1.82) is 0 Å². The number of hydrogen-bond donors (Lipinski definition) is 2. The van der Waals surface area contributed by atoms with Gasteiger partial charge in [0.05, 0.1) is 6.10 Å². The Hall–Kier alpha value is -0.850. The molecular formula is C12H14ClF4NO. The SMILES string of the molecule is Cl.O[C@@H](CNC1(C(F)(F)F)CC1)c1cccc(F)c1. The third kappa shape index (κ3) is 3.58.